The molecule has 1 heterocycles. The minimum Gasteiger partial charge on any atom is -0.376 e. The van der Waals surface area contributed by atoms with Gasteiger partial charge in [-0.1, -0.05) is 19.8 Å². The van der Waals surface area contributed by atoms with Crippen LogP contribution in [0, 0.1) is 19.8 Å². The number of nitrogens with one attached hydrogen (secondary N) is 3. The van der Waals surface area contributed by atoms with Gasteiger partial charge in [-0.2, -0.15) is 0 Å². The Morgan fingerprint density at radius 3 is 2.75 bits per heavy atom. The standard InChI is InChI=1S/C18H29N3O3/c1-12-6-4-5-7-16(12)24-9-8-19-18(23)20-11-15-13(2)10-14(3)21-17(15)22/h10,12,16H,4-9,11H2,1-3H3,(H,21,22)(H2,19,20,23). The molecule has 1 saturated carbocycles. The lowest BCUT2D eigenvalue weighted by Gasteiger charge is -2.28. The van der Waals surface area contributed by atoms with E-state index in [9.17, 15) is 9.59 Å². The number of hydrogen-bond acceptors (Lipinski definition) is 3. The molecule has 0 aliphatic heterocycles. The van der Waals surface area contributed by atoms with E-state index in [1.54, 1.807) is 0 Å². The fourth-order valence-corrected chi connectivity index (χ4v) is 3.24. The van der Waals surface area contributed by atoms with Gasteiger partial charge in [0.1, 0.15) is 0 Å². The molecule has 1 aromatic rings. The predicted octanol–water partition coefficient (Wildman–Crippen LogP) is 2.39. The van der Waals surface area contributed by atoms with Gasteiger partial charge in [0.15, 0.2) is 0 Å². The molecule has 2 unspecified atom stereocenters. The molecule has 0 spiro atoms. The number of urea groups is 1. The molecule has 3 N–H and O–H groups in total. The van der Waals surface area contributed by atoms with E-state index < -0.39 is 0 Å². The highest BCUT2D eigenvalue weighted by Crippen LogP contribution is 2.25. The Bertz CT molecular complexity index is 612. The first-order valence-electron chi connectivity index (χ1n) is 8.80. The zero-order valence-electron chi connectivity index (χ0n) is 14.9. The number of rotatable bonds is 6. The lowest BCUT2D eigenvalue weighted by atomic mass is 9.88. The summed E-state index contributed by atoms with van der Waals surface area (Å²) in [5.74, 6) is 0.601. The summed E-state index contributed by atoms with van der Waals surface area (Å²) >= 11 is 0. The molecule has 6 heteroatoms. The summed E-state index contributed by atoms with van der Waals surface area (Å²) in [6, 6.07) is 1.62. The van der Waals surface area contributed by atoms with E-state index in [0.29, 0.717) is 30.7 Å². The lowest BCUT2D eigenvalue weighted by Crippen LogP contribution is -2.39. The number of amides is 2. The van der Waals surface area contributed by atoms with Crippen LogP contribution in [-0.4, -0.2) is 30.3 Å². The second kappa shape index (κ2) is 8.87. The molecule has 2 rings (SSSR count). The highest BCUT2D eigenvalue weighted by atomic mass is 16.5. The summed E-state index contributed by atoms with van der Waals surface area (Å²) in [4.78, 5) is 26.5. The van der Waals surface area contributed by atoms with Crippen molar-refractivity contribution in [2.24, 2.45) is 5.92 Å². The van der Waals surface area contributed by atoms with Crippen LogP contribution in [0.25, 0.3) is 0 Å². The van der Waals surface area contributed by atoms with E-state index >= 15 is 0 Å². The van der Waals surface area contributed by atoms with E-state index in [2.05, 4.69) is 22.5 Å². The molecule has 1 aromatic heterocycles. The topological polar surface area (TPSA) is 83.2 Å². The van der Waals surface area contributed by atoms with Gasteiger partial charge in [-0.3, -0.25) is 4.79 Å². The molecular formula is C18H29N3O3. The maximum atomic E-state index is 11.9. The lowest BCUT2D eigenvalue weighted by molar-refractivity contribution is -0.00243. The van der Waals surface area contributed by atoms with Crippen molar-refractivity contribution in [3.05, 3.63) is 33.2 Å². The van der Waals surface area contributed by atoms with Crippen LogP contribution in [0.3, 0.4) is 0 Å². The highest BCUT2D eigenvalue weighted by molar-refractivity contribution is 5.73. The first-order valence-corrected chi connectivity index (χ1v) is 8.80. The number of pyridine rings is 1. The molecule has 0 radical (unpaired) electrons. The van der Waals surface area contributed by atoms with Crippen molar-refractivity contribution in [3.63, 3.8) is 0 Å². The minimum atomic E-state index is -0.283. The molecule has 24 heavy (non-hydrogen) atoms. The summed E-state index contributed by atoms with van der Waals surface area (Å²) in [6.07, 6.45) is 5.18. The second-order valence-corrected chi connectivity index (χ2v) is 6.72. The quantitative estimate of drug-likeness (QED) is 0.698. The molecule has 0 aromatic carbocycles. The molecule has 134 valence electrons. The van der Waals surface area contributed by atoms with Crippen molar-refractivity contribution < 1.29 is 9.53 Å². The van der Waals surface area contributed by atoms with Crippen molar-refractivity contribution >= 4 is 6.03 Å². The Labute approximate surface area is 143 Å². The molecule has 1 aliphatic rings. The van der Waals surface area contributed by atoms with Crippen molar-refractivity contribution in [1.29, 1.82) is 0 Å². The van der Waals surface area contributed by atoms with Crippen molar-refractivity contribution in [1.82, 2.24) is 15.6 Å². The van der Waals surface area contributed by atoms with Crippen molar-refractivity contribution in [3.8, 4) is 0 Å². The third kappa shape index (κ3) is 5.37. The van der Waals surface area contributed by atoms with Gasteiger partial charge in [0.2, 0.25) is 0 Å². The zero-order chi connectivity index (χ0) is 17.5. The molecule has 0 saturated heterocycles. The first kappa shape index (κ1) is 18.5. The Kier molecular flexibility index (Phi) is 6.85. The zero-order valence-corrected chi connectivity index (χ0v) is 14.9. The molecule has 1 fully saturated rings. The van der Waals surface area contributed by atoms with Crippen LogP contribution < -0.4 is 16.2 Å². The Morgan fingerprint density at radius 2 is 2.04 bits per heavy atom. The SMILES string of the molecule is Cc1cc(C)c(CNC(=O)NCCOC2CCCCC2C)c(=O)[nH]1. The van der Waals surface area contributed by atoms with Crippen LogP contribution in [0.4, 0.5) is 4.79 Å². The van der Waals surface area contributed by atoms with Crippen LogP contribution >= 0.6 is 0 Å². The van der Waals surface area contributed by atoms with Gasteiger partial charge in [-0.15, -0.1) is 0 Å². The number of aromatic amines is 1. The average molecular weight is 335 g/mol. The number of H-pyrrole nitrogens is 1. The van der Waals surface area contributed by atoms with E-state index in [-0.39, 0.29) is 18.1 Å². The summed E-state index contributed by atoms with van der Waals surface area (Å²) in [7, 11) is 0. The number of aromatic nitrogens is 1. The molecule has 2 amide bonds. The maximum absolute atomic E-state index is 11.9. The van der Waals surface area contributed by atoms with Gasteiger partial charge in [0.05, 0.1) is 19.3 Å². The van der Waals surface area contributed by atoms with Crippen molar-refractivity contribution in [2.75, 3.05) is 13.2 Å². The van der Waals surface area contributed by atoms with Crippen LogP contribution in [0.15, 0.2) is 10.9 Å². The Balaban J connectivity index is 1.68. The smallest absolute Gasteiger partial charge is 0.315 e. The van der Waals surface area contributed by atoms with Crippen LogP contribution in [0.5, 0.6) is 0 Å². The molecule has 2 atom stereocenters. The maximum Gasteiger partial charge on any atom is 0.315 e. The predicted molar refractivity (Wildman–Crippen MR) is 94.1 cm³/mol. The number of carbonyl (C=O) groups is 1. The first-order chi connectivity index (χ1) is 11.5. The van der Waals surface area contributed by atoms with Gasteiger partial charge < -0.3 is 20.4 Å². The van der Waals surface area contributed by atoms with E-state index in [1.807, 2.05) is 19.9 Å². The van der Waals surface area contributed by atoms with Gasteiger partial charge in [-0.05, 0) is 44.2 Å². The third-order valence-corrected chi connectivity index (χ3v) is 4.67. The van der Waals surface area contributed by atoms with Crippen LogP contribution in [0.2, 0.25) is 0 Å². The van der Waals surface area contributed by atoms with Gasteiger partial charge in [-0.25, -0.2) is 4.79 Å². The third-order valence-electron chi connectivity index (χ3n) is 4.67. The number of hydrogen-bond donors (Lipinski definition) is 3. The van der Waals surface area contributed by atoms with Gasteiger partial charge in [0.25, 0.3) is 5.56 Å². The largest absolute Gasteiger partial charge is 0.376 e. The minimum absolute atomic E-state index is 0.151. The summed E-state index contributed by atoms with van der Waals surface area (Å²) in [6.45, 7) is 7.14. The van der Waals surface area contributed by atoms with E-state index in [4.69, 9.17) is 4.74 Å². The molecule has 0 bridgehead atoms. The summed E-state index contributed by atoms with van der Waals surface area (Å²) in [5.41, 5.74) is 2.14. The fourth-order valence-electron chi connectivity index (χ4n) is 3.24. The van der Waals surface area contributed by atoms with E-state index in [0.717, 1.165) is 17.7 Å². The highest BCUT2D eigenvalue weighted by Gasteiger charge is 2.21. The number of aryl methyl sites for hydroxylation is 2. The van der Waals surface area contributed by atoms with Crippen LogP contribution in [-0.2, 0) is 11.3 Å². The number of ether oxygens (including phenoxy) is 1. The molecule has 6 nitrogen and oxygen atoms in total. The summed E-state index contributed by atoms with van der Waals surface area (Å²) in [5, 5.41) is 5.49. The van der Waals surface area contributed by atoms with Gasteiger partial charge in [0, 0.05) is 17.8 Å². The second-order valence-electron chi connectivity index (χ2n) is 6.72. The molecular weight excluding hydrogens is 306 g/mol. The Hall–Kier alpha value is -1.82. The monoisotopic (exact) mass is 335 g/mol. The Morgan fingerprint density at radius 1 is 1.29 bits per heavy atom. The average Bonchev–Trinajstić information content (AvgIpc) is 2.52. The fraction of sp³-hybridized carbons (Fsp3) is 0.667. The number of carbonyl (C=O) groups excluding carboxylic acids is 1. The van der Waals surface area contributed by atoms with E-state index in [1.165, 1.54) is 19.3 Å². The van der Waals surface area contributed by atoms with Gasteiger partial charge >= 0.3 is 6.03 Å². The van der Waals surface area contributed by atoms with Crippen LogP contribution in [0.1, 0.15) is 49.4 Å². The van der Waals surface area contributed by atoms with Crippen molar-refractivity contribution in [2.45, 2.75) is 59.1 Å². The normalized spacial score (nSPS) is 20.6. The summed E-state index contributed by atoms with van der Waals surface area (Å²) < 4.78 is 5.86. The molecule has 1 aliphatic carbocycles.